The minimum absolute atomic E-state index is 0.111. The molecule has 0 saturated carbocycles. The van der Waals surface area contributed by atoms with Gasteiger partial charge in [-0.3, -0.25) is 0 Å². The van der Waals surface area contributed by atoms with Gasteiger partial charge in [-0.2, -0.15) is 0 Å². The van der Waals surface area contributed by atoms with Crippen LogP contribution in [0.2, 0.25) is 0 Å². The Hall–Kier alpha value is -0.370. The van der Waals surface area contributed by atoms with E-state index in [0.29, 0.717) is 0 Å². The normalized spacial score (nSPS) is 12.8. The number of hydrogen-bond donors (Lipinski definition) is 0. The van der Waals surface area contributed by atoms with Gasteiger partial charge < -0.3 is 4.74 Å². The Morgan fingerprint density at radius 1 is 1.50 bits per heavy atom. The second kappa shape index (κ2) is 8.72. The monoisotopic (exact) mass is 174 g/mol. The molecule has 0 amide bonds. The van der Waals surface area contributed by atoms with Crippen molar-refractivity contribution in [3.8, 4) is 0 Å². The lowest BCUT2D eigenvalue weighted by Crippen LogP contribution is -2.11. The average Bonchev–Trinajstić information content (AvgIpc) is 2.06. The van der Waals surface area contributed by atoms with Gasteiger partial charge in [-0.1, -0.05) is 19.4 Å². The van der Waals surface area contributed by atoms with Crippen molar-refractivity contribution in [2.75, 3.05) is 6.86 Å². The molecule has 0 N–H and O–H groups in total. The molecule has 0 fully saturated rings. The second-order valence-corrected chi connectivity index (χ2v) is 2.91. The fraction of sp³-hybridized carbons (Fsp3) is 0.800. The third kappa shape index (κ3) is 6.35. The molecule has 0 aromatic heterocycles. The van der Waals surface area contributed by atoms with E-state index >= 15 is 0 Å². The molecule has 0 bridgehead atoms. The lowest BCUT2D eigenvalue weighted by Gasteiger charge is -2.13. The summed E-state index contributed by atoms with van der Waals surface area (Å²) in [5.41, 5.74) is 0. The molecule has 2 heteroatoms. The predicted octanol–water partition coefficient (Wildman–Crippen LogP) is 3.46. The standard InChI is InChI=1S/C10H19FO/c1-3-5-6-8-10(7-4-2)12-9-11/h3,10H,1,4-9H2,2H3/t10-/m1/s1. The van der Waals surface area contributed by atoms with E-state index in [1.165, 1.54) is 0 Å². The topological polar surface area (TPSA) is 9.23 Å². The molecular formula is C10H19FO. The highest BCUT2D eigenvalue weighted by Crippen LogP contribution is 2.11. The number of allylic oxidation sites excluding steroid dienone is 1. The summed E-state index contributed by atoms with van der Waals surface area (Å²) in [5.74, 6) is 0. The molecule has 1 nitrogen and oxygen atoms in total. The molecule has 72 valence electrons. The fourth-order valence-electron chi connectivity index (χ4n) is 1.21. The summed E-state index contributed by atoms with van der Waals surface area (Å²) in [5, 5.41) is 0. The van der Waals surface area contributed by atoms with Gasteiger partial charge in [0.15, 0.2) is 6.86 Å². The SMILES string of the molecule is C=CCCC[C@@H](CCC)OCF. The molecule has 0 heterocycles. The molecule has 0 rings (SSSR count). The van der Waals surface area contributed by atoms with E-state index in [1.54, 1.807) is 0 Å². The van der Waals surface area contributed by atoms with Crippen molar-refractivity contribution in [2.45, 2.75) is 45.1 Å². The van der Waals surface area contributed by atoms with Gasteiger partial charge in [0.2, 0.25) is 0 Å². The summed E-state index contributed by atoms with van der Waals surface area (Å²) >= 11 is 0. The van der Waals surface area contributed by atoms with Crippen LogP contribution >= 0.6 is 0 Å². The van der Waals surface area contributed by atoms with Crippen LogP contribution < -0.4 is 0 Å². The van der Waals surface area contributed by atoms with Crippen LogP contribution in [0.4, 0.5) is 4.39 Å². The van der Waals surface area contributed by atoms with Crippen LogP contribution in [-0.2, 0) is 4.74 Å². The minimum Gasteiger partial charge on any atom is -0.347 e. The maximum Gasteiger partial charge on any atom is 0.188 e. The van der Waals surface area contributed by atoms with Crippen LogP contribution in [0, 0.1) is 0 Å². The van der Waals surface area contributed by atoms with E-state index < -0.39 is 6.86 Å². The Morgan fingerprint density at radius 3 is 2.75 bits per heavy atom. The Labute approximate surface area is 74.6 Å². The Morgan fingerprint density at radius 2 is 2.25 bits per heavy atom. The molecule has 0 aliphatic rings. The molecule has 0 aliphatic heterocycles. The third-order valence-corrected chi connectivity index (χ3v) is 1.84. The first-order valence-electron chi connectivity index (χ1n) is 4.63. The van der Waals surface area contributed by atoms with Crippen LogP contribution in [0.5, 0.6) is 0 Å². The van der Waals surface area contributed by atoms with Crippen molar-refractivity contribution in [1.29, 1.82) is 0 Å². The molecule has 0 radical (unpaired) electrons. The first-order valence-corrected chi connectivity index (χ1v) is 4.63. The summed E-state index contributed by atoms with van der Waals surface area (Å²) in [6.07, 6.45) is 7.01. The number of hydrogen-bond acceptors (Lipinski definition) is 1. The van der Waals surface area contributed by atoms with Crippen molar-refractivity contribution in [3.63, 3.8) is 0 Å². The van der Waals surface area contributed by atoms with E-state index in [2.05, 4.69) is 13.5 Å². The van der Waals surface area contributed by atoms with Gasteiger partial charge in [-0.05, 0) is 25.7 Å². The van der Waals surface area contributed by atoms with Gasteiger partial charge in [0.25, 0.3) is 0 Å². The van der Waals surface area contributed by atoms with Gasteiger partial charge in [0.1, 0.15) is 0 Å². The van der Waals surface area contributed by atoms with Gasteiger partial charge >= 0.3 is 0 Å². The summed E-state index contributed by atoms with van der Waals surface area (Å²) < 4.78 is 16.8. The smallest absolute Gasteiger partial charge is 0.188 e. The van der Waals surface area contributed by atoms with Crippen molar-refractivity contribution < 1.29 is 9.13 Å². The second-order valence-electron chi connectivity index (χ2n) is 2.91. The van der Waals surface area contributed by atoms with Gasteiger partial charge in [-0.25, -0.2) is 4.39 Å². The summed E-state index contributed by atoms with van der Waals surface area (Å²) in [7, 11) is 0. The predicted molar refractivity (Wildman–Crippen MR) is 49.8 cm³/mol. The molecule has 0 aromatic rings. The molecular weight excluding hydrogens is 155 g/mol. The molecule has 0 spiro atoms. The van der Waals surface area contributed by atoms with Gasteiger partial charge in [-0.15, -0.1) is 6.58 Å². The Bertz CT molecular complexity index is 98.0. The average molecular weight is 174 g/mol. The van der Waals surface area contributed by atoms with E-state index in [0.717, 1.165) is 32.1 Å². The first-order chi connectivity index (χ1) is 5.85. The Kier molecular flexibility index (Phi) is 8.46. The van der Waals surface area contributed by atoms with E-state index in [9.17, 15) is 4.39 Å². The van der Waals surface area contributed by atoms with Gasteiger partial charge in [0.05, 0.1) is 6.10 Å². The van der Waals surface area contributed by atoms with Crippen LogP contribution in [-0.4, -0.2) is 13.0 Å². The number of rotatable bonds is 8. The molecule has 12 heavy (non-hydrogen) atoms. The summed E-state index contributed by atoms with van der Waals surface area (Å²) in [6, 6.07) is 0. The summed E-state index contributed by atoms with van der Waals surface area (Å²) in [6.45, 7) is 5.07. The first kappa shape index (κ1) is 11.6. The lowest BCUT2D eigenvalue weighted by atomic mass is 10.1. The fourth-order valence-corrected chi connectivity index (χ4v) is 1.21. The number of unbranched alkanes of at least 4 members (excludes halogenated alkanes) is 1. The summed E-state index contributed by atoms with van der Waals surface area (Å²) in [4.78, 5) is 0. The minimum atomic E-state index is -0.654. The van der Waals surface area contributed by atoms with Gasteiger partial charge in [0, 0.05) is 0 Å². The molecule has 0 aliphatic carbocycles. The zero-order valence-electron chi connectivity index (χ0n) is 7.89. The van der Waals surface area contributed by atoms with E-state index in [-0.39, 0.29) is 6.10 Å². The zero-order valence-corrected chi connectivity index (χ0v) is 7.89. The van der Waals surface area contributed by atoms with Crippen LogP contribution in [0.15, 0.2) is 12.7 Å². The molecule has 0 unspecified atom stereocenters. The van der Waals surface area contributed by atoms with Crippen molar-refractivity contribution in [1.82, 2.24) is 0 Å². The number of halogens is 1. The Balaban J connectivity index is 3.40. The molecule has 0 saturated heterocycles. The number of ether oxygens (including phenoxy) is 1. The zero-order chi connectivity index (χ0) is 9.23. The van der Waals surface area contributed by atoms with Crippen LogP contribution in [0.25, 0.3) is 0 Å². The quantitative estimate of drug-likeness (QED) is 0.404. The number of alkyl halides is 1. The maximum atomic E-state index is 11.8. The highest BCUT2D eigenvalue weighted by atomic mass is 19.1. The molecule has 1 atom stereocenters. The lowest BCUT2D eigenvalue weighted by molar-refractivity contribution is -0.0134. The molecule has 0 aromatic carbocycles. The van der Waals surface area contributed by atoms with Crippen molar-refractivity contribution in [3.05, 3.63) is 12.7 Å². The van der Waals surface area contributed by atoms with Crippen LogP contribution in [0.1, 0.15) is 39.0 Å². The van der Waals surface area contributed by atoms with E-state index in [1.807, 2.05) is 6.08 Å². The van der Waals surface area contributed by atoms with Crippen LogP contribution in [0.3, 0.4) is 0 Å². The highest BCUT2D eigenvalue weighted by Gasteiger charge is 2.06. The third-order valence-electron chi connectivity index (χ3n) is 1.84. The maximum absolute atomic E-state index is 11.8. The highest BCUT2D eigenvalue weighted by molar-refractivity contribution is 4.67. The van der Waals surface area contributed by atoms with Crippen molar-refractivity contribution in [2.24, 2.45) is 0 Å². The van der Waals surface area contributed by atoms with E-state index in [4.69, 9.17) is 4.74 Å². The van der Waals surface area contributed by atoms with Crippen molar-refractivity contribution >= 4 is 0 Å². The largest absolute Gasteiger partial charge is 0.347 e.